The van der Waals surface area contributed by atoms with Gasteiger partial charge in [-0.3, -0.25) is 9.59 Å². The summed E-state index contributed by atoms with van der Waals surface area (Å²) in [6, 6.07) is 0. The van der Waals surface area contributed by atoms with Gasteiger partial charge in [0.2, 0.25) is 5.91 Å². The number of carboxylic acids is 1. The molecule has 0 aliphatic rings. The van der Waals surface area contributed by atoms with Gasteiger partial charge in [-0.15, -0.1) is 0 Å². The molecule has 0 heterocycles. The van der Waals surface area contributed by atoms with Crippen LogP contribution in [0.15, 0.2) is 0 Å². The molecule has 0 unspecified atom stereocenters. The highest BCUT2D eigenvalue weighted by atomic mass is 32.2. The minimum absolute atomic E-state index is 0.0357. The van der Waals surface area contributed by atoms with Crippen molar-refractivity contribution >= 4 is 21.7 Å². The summed E-state index contributed by atoms with van der Waals surface area (Å²) in [6.07, 6.45) is 1.21. The van der Waals surface area contributed by atoms with Crippen LogP contribution in [0.1, 0.15) is 40.0 Å². The maximum absolute atomic E-state index is 11.6. The normalized spacial score (nSPS) is 12.2. The van der Waals surface area contributed by atoms with Gasteiger partial charge in [0.25, 0.3) is 0 Å². The van der Waals surface area contributed by atoms with E-state index in [-0.39, 0.29) is 12.3 Å². The molecule has 1 amide bonds. The van der Waals surface area contributed by atoms with Crippen molar-refractivity contribution in [3.63, 3.8) is 0 Å². The Morgan fingerprint density at radius 1 is 1.16 bits per heavy atom. The minimum Gasteiger partial charge on any atom is -0.481 e. The summed E-state index contributed by atoms with van der Waals surface area (Å²) in [4.78, 5) is 22.8. The molecule has 2 N–H and O–H groups in total. The zero-order valence-corrected chi connectivity index (χ0v) is 12.5. The highest BCUT2D eigenvalue weighted by Gasteiger charge is 2.35. The molecule has 19 heavy (non-hydrogen) atoms. The summed E-state index contributed by atoms with van der Waals surface area (Å²) < 4.78 is 22.9. The lowest BCUT2D eigenvalue weighted by atomic mass is 9.82. The first-order valence-electron chi connectivity index (χ1n) is 6.43. The SMILES string of the molecule is CCCS(=O)(=O)CC(=O)NCC(CC)(CC)C(=O)O. The van der Waals surface area contributed by atoms with Crippen LogP contribution in [0.2, 0.25) is 0 Å². The monoisotopic (exact) mass is 293 g/mol. The number of carboxylic acid groups (broad SMARTS) is 1. The number of sulfone groups is 1. The van der Waals surface area contributed by atoms with E-state index in [1.54, 1.807) is 20.8 Å². The molecule has 0 aromatic carbocycles. The van der Waals surface area contributed by atoms with E-state index in [4.69, 9.17) is 0 Å². The predicted octanol–water partition coefficient (Wildman–Crippen LogP) is 0.818. The lowest BCUT2D eigenvalue weighted by Gasteiger charge is -2.26. The van der Waals surface area contributed by atoms with Crippen LogP contribution < -0.4 is 5.32 Å². The third-order valence-corrected chi connectivity index (χ3v) is 5.03. The number of amides is 1. The van der Waals surface area contributed by atoms with Gasteiger partial charge in [0, 0.05) is 6.54 Å². The van der Waals surface area contributed by atoms with Crippen molar-refractivity contribution in [3.8, 4) is 0 Å². The van der Waals surface area contributed by atoms with E-state index in [1.165, 1.54) is 0 Å². The first-order valence-corrected chi connectivity index (χ1v) is 8.25. The first kappa shape index (κ1) is 17.9. The van der Waals surface area contributed by atoms with Crippen molar-refractivity contribution in [1.29, 1.82) is 0 Å². The fraction of sp³-hybridized carbons (Fsp3) is 0.833. The van der Waals surface area contributed by atoms with Gasteiger partial charge in [-0.1, -0.05) is 20.8 Å². The Morgan fingerprint density at radius 3 is 2.05 bits per heavy atom. The Bertz CT molecular complexity index is 412. The molecule has 0 atom stereocenters. The van der Waals surface area contributed by atoms with Gasteiger partial charge in [-0.2, -0.15) is 0 Å². The summed E-state index contributed by atoms with van der Waals surface area (Å²) >= 11 is 0. The van der Waals surface area contributed by atoms with E-state index < -0.39 is 32.9 Å². The Morgan fingerprint density at radius 2 is 1.68 bits per heavy atom. The van der Waals surface area contributed by atoms with E-state index in [0.29, 0.717) is 19.3 Å². The van der Waals surface area contributed by atoms with Gasteiger partial charge in [0.1, 0.15) is 5.75 Å². The molecular weight excluding hydrogens is 270 g/mol. The Labute approximate surface area is 114 Å². The lowest BCUT2D eigenvalue weighted by molar-refractivity contribution is -0.149. The van der Waals surface area contributed by atoms with Crippen molar-refractivity contribution in [2.45, 2.75) is 40.0 Å². The maximum Gasteiger partial charge on any atom is 0.311 e. The number of hydrogen-bond acceptors (Lipinski definition) is 4. The van der Waals surface area contributed by atoms with E-state index in [0.717, 1.165) is 0 Å². The number of carbonyl (C=O) groups is 2. The van der Waals surface area contributed by atoms with Crippen LogP contribution in [0.3, 0.4) is 0 Å². The number of aliphatic carboxylic acids is 1. The van der Waals surface area contributed by atoms with Crippen LogP contribution in [0.4, 0.5) is 0 Å². The summed E-state index contributed by atoms with van der Waals surface area (Å²) in [5, 5.41) is 11.6. The molecule has 6 nitrogen and oxygen atoms in total. The number of rotatable bonds is 9. The van der Waals surface area contributed by atoms with Gasteiger partial charge in [-0.25, -0.2) is 8.42 Å². The molecule has 0 aliphatic heterocycles. The van der Waals surface area contributed by atoms with Crippen molar-refractivity contribution in [2.24, 2.45) is 5.41 Å². The highest BCUT2D eigenvalue weighted by Crippen LogP contribution is 2.25. The lowest BCUT2D eigenvalue weighted by Crippen LogP contribution is -2.44. The van der Waals surface area contributed by atoms with Crippen LogP contribution in [-0.2, 0) is 19.4 Å². The summed E-state index contributed by atoms with van der Waals surface area (Å²) in [7, 11) is -3.39. The molecule has 0 spiro atoms. The molecule has 0 aliphatic carbocycles. The molecule has 7 heteroatoms. The van der Waals surface area contributed by atoms with Crippen LogP contribution in [0.25, 0.3) is 0 Å². The number of hydrogen-bond donors (Lipinski definition) is 2. The molecule has 112 valence electrons. The summed E-state index contributed by atoms with van der Waals surface area (Å²) in [5.74, 6) is -2.23. The first-order chi connectivity index (χ1) is 8.73. The average molecular weight is 293 g/mol. The topological polar surface area (TPSA) is 101 Å². The smallest absolute Gasteiger partial charge is 0.311 e. The van der Waals surface area contributed by atoms with E-state index in [1.807, 2.05) is 0 Å². The van der Waals surface area contributed by atoms with Crippen molar-refractivity contribution in [2.75, 3.05) is 18.1 Å². The van der Waals surface area contributed by atoms with Gasteiger partial charge >= 0.3 is 5.97 Å². The molecule has 0 rings (SSSR count). The third-order valence-electron chi connectivity index (χ3n) is 3.30. The van der Waals surface area contributed by atoms with Gasteiger partial charge < -0.3 is 10.4 Å². The highest BCUT2D eigenvalue weighted by molar-refractivity contribution is 7.92. The van der Waals surface area contributed by atoms with Gasteiger partial charge in [-0.05, 0) is 19.3 Å². The van der Waals surface area contributed by atoms with Crippen LogP contribution in [0, 0.1) is 5.41 Å². The molecule has 0 radical (unpaired) electrons. The van der Waals surface area contributed by atoms with Crippen molar-refractivity contribution in [3.05, 3.63) is 0 Å². The van der Waals surface area contributed by atoms with Crippen molar-refractivity contribution in [1.82, 2.24) is 5.32 Å². The molecule has 0 fully saturated rings. The fourth-order valence-corrected chi connectivity index (χ4v) is 3.05. The second-order valence-corrected chi connectivity index (χ2v) is 6.85. The zero-order valence-electron chi connectivity index (χ0n) is 11.7. The average Bonchev–Trinajstić information content (AvgIpc) is 2.29. The molecule has 0 aromatic heterocycles. The van der Waals surface area contributed by atoms with Crippen LogP contribution in [-0.4, -0.2) is 43.5 Å². The van der Waals surface area contributed by atoms with Crippen molar-refractivity contribution < 1.29 is 23.1 Å². The maximum atomic E-state index is 11.6. The number of carbonyl (C=O) groups excluding carboxylic acids is 1. The molecular formula is C12H23NO5S. The summed E-state index contributed by atoms with van der Waals surface area (Å²) in [5.41, 5.74) is -1.02. The van der Waals surface area contributed by atoms with Crippen LogP contribution >= 0.6 is 0 Å². The molecule has 0 bridgehead atoms. The standard InChI is InChI=1S/C12H23NO5S/c1-4-7-19(17,18)8-10(14)13-9-12(5-2,6-3)11(15)16/h4-9H2,1-3H3,(H,13,14)(H,15,16). The fourth-order valence-electron chi connectivity index (χ4n) is 1.78. The molecule has 0 saturated heterocycles. The van der Waals surface area contributed by atoms with E-state index in [2.05, 4.69) is 5.32 Å². The van der Waals surface area contributed by atoms with E-state index >= 15 is 0 Å². The Kier molecular flexibility index (Phi) is 7.04. The minimum atomic E-state index is -3.39. The Balaban J connectivity index is 4.55. The third kappa shape index (κ3) is 5.59. The largest absolute Gasteiger partial charge is 0.481 e. The number of nitrogens with one attached hydrogen (secondary N) is 1. The Hall–Kier alpha value is -1.11. The van der Waals surface area contributed by atoms with Gasteiger partial charge in [0.05, 0.1) is 11.2 Å². The second-order valence-electron chi connectivity index (χ2n) is 4.66. The second kappa shape index (κ2) is 7.47. The zero-order chi connectivity index (χ0) is 15.1. The van der Waals surface area contributed by atoms with Crippen LogP contribution in [0.5, 0.6) is 0 Å². The van der Waals surface area contributed by atoms with Gasteiger partial charge in [0.15, 0.2) is 9.84 Å². The quantitative estimate of drug-likeness (QED) is 0.655. The molecule has 0 aromatic rings. The molecule has 0 saturated carbocycles. The van der Waals surface area contributed by atoms with E-state index in [9.17, 15) is 23.1 Å². The summed E-state index contributed by atoms with van der Waals surface area (Å²) in [6.45, 7) is 5.14. The predicted molar refractivity (Wildman–Crippen MR) is 72.6 cm³/mol.